The molecule has 6 heteroatoms. The zero-order valence-electron chi connectivity index (χ0n) is 10.4. The van der Waals surface area contributed by atoms with Crippen molar-refractivity contribution in [3.05, 3.63) is 33.7 Å². The molecule has 2 N–H and O–H groups in total. The third kappa shape index (κ3) is 3.44. The second kappa shape index (κ2) is 6.00. The fourth-order valence-corrected chi connectivity index (χ4v) is 1.54. The average molecular weight is 252 g/mol. The molecule has 0 radical (unpaired) electrons. The Morgan fingerprint density at radius 2 is 2.06 bits per heavy atom. The maximum atomic E-state index is 12.0. The molecule has 0 aliphatic carbocycles. The van der Waals surface area contributed by atoms with Crippen LogP contribution in [0.1, 0.15) is 29.4 Å². The lowest BCUT2D eigenvalue weighted by molar-refractivity contribution is -0.137. The Hall–Kier alpha value is -2.11. The Bertz CT molecular complexity index is 507. The summed E-state index contributed by atoms with van der Waals surface area (Å²) in [7, 11) is 0. The normalized spacial score (nSPS) is 10.1. The molecule has 0 aromatic carbocycles. The highest BCUT2D eigenvalue weighted by Crippen LogP contribution is 2.02. The number of carboxylic acids is 1. The van der Waals surface area contributed by atoms with Gasteiger partial charge in [-0.3, -0.25) is 14.4 Å². The van der Waals surface area contributed by atoms with Gasteiger partial charge in [0.25, 0.3) is 11.5 Å². The molecule has 0 spiro atoms. The van der Waals surface area contributed by atoms with Gasteiger partial charge in [0, 0.05) is 18.8 Å². The lowest BCUT2D eigenvalue weighted by Crippen LogP contribution is -2.36. The summed E-state index contributed by atoms with van der Waals surface area (Å²) >= 11 is 0. The van der Waals surface area contributed by atoms with Gasteiger partial charge in [0.15, 0.2) is 0 Å². The van der Waals surface area contributed by atoms with E-state index in [4.69, 9.17) is 5.11 Å². The summed E-state index contributed by atoms with van der Waals surface area (Å²) in [6.07, 6.45) is -0.136. The molecule has 0 saturated carbocycles. The van der Waals surface area contributed by atoms with Crippen LogP contribution < -0.4 is 5.56 Å². The Morgan fingerprint density at radius 3 is 2.56 bits per heavy atom. The number of amides is 1. The maximum absolute atomic E-state index is 12.0. The minimum atomic E-state index is -0.973. The molecule has 0 saturated heterocycles. The van der Waals surface area contributed by atoms with Crippen molar-refractivity contribution in [2.45, 2.75) is 20.3 Å². The molecule has 0 bridgehead atoms. The third-order valence-electron chi connectivity index (χ3n) is 2.55. The second-order valence-corrected chi connectivity index (χ2v) is 3.91. The number of nitrogens with one attached hydrogen (secondary N) is 1. The fraction of sp³-hybridized carbons (Fsp3) is 0.417. The lowest BCUT2D eigenvalue weighted by Gasteiger charge is -2.19. The van der Waals surface area contributed by atoms with E-state index in [-0.39, 0.29) is 18.5 Å². The number of nitrogens with zero attached hydrogens (tertiary/aromatic N) is 1. The summed E-state index contributed by atoms with van der Waals surface area (Å²) in [5.41, 5.74) is 0.256. The van der Waals surface area contributed by atoms with Crippen LogP contribution in [0.4, 0.5) is 0 Å². The van der Waals surface area contributed by atoms with E-state index in [9.17, 15) is 14.4 Å². The second-order valence-electron chi connectivity index (χ2n) is 3.91. The number of hydrogen-bond acceptors (Lipinski definition) is 3. The van der Waals surface area contributed by atoms with Crippen LogP contribution in [0, 0.1) is 6.92 Å². The summed E-state index contributed by atoms with van der Waals surface area (Å²) < 4.78 is 0. The summed E-state index contributed by atoms with van der Waals surface area (Å²) in [5, 5.41) is 8.60. The average Bonchev–Trinajstić information content (AvgIpc) is 2.29. The SMILES string of the molecule is CCN(CCC(=O)O)C(=O)c1ccc(C)[nH]c1=O. The van der Waals surface area contributed by atoms with E-state index < -0.39 is 17.4 Å². The molecule has 0 atom stereocenters. The van der Waals surface area contributed by atoms with Crippen molar-refractivity contribution in [1.82, 2.24) is 9.88 Å². The van der Waals surface area contributed by atoms with Gasteiger partial charge in [-0.1, -0.05) is 0 Å². The first kappa shape index (κ1) is 14.0. The number of rotatable bonds is 5. The molecule has 0 fully saturated rings. The van der Waals surface area contributed by atoms with E-state index in [1.807, 2.05) is 0 Å². The number of aromatic nitrogens is 1. The van der Waals surface area contributed by atoms with Gasteiger partial charge in [-0.05, 0) is 26.0 Å². The maximum Gasteiger partial charge on any atom is 0.305 e. The van der Waals surface area contributed by atoms with E-state index in [0.29, 0.717) is 12.2 Å². The van der Waals surface area contributed by atoms with Crippen molar-refractivity contribution in [2.75, 3.05) is 13.1 Å². The van der Waals surface area contributed by atoms with Crippen molar-refractivity contribution in [3.8, 4) is 0 Å². The number of aryl methyl sites for hydroxylation is 1. The molecule has 6 nitrogen and oxygen atoms in total. The zero-order chi connectivity index (χ0) is 13.7. The largest absolute Gasteiger partial charge is 0.481 e. The van der Waals surface area contributed by atoms with E-state index in [0.717, 1.165) is 0 Å². The van der Waals surface area contributed by atoms with Crippen molar-refractivity contribution in [1.29, 1.82) is 0 Å². The van der Waals surface area contributed by atoms with Gasteiger partial charge in [0.05, 0.1) is 6.42 Å². The monoisotopic (exact) mass is 252 g/mol. The molecule has 0 aliphatic rings. The van der Waals surface area contributed by atoms with E-state index in [1.54, 1.807) is 19.9 Å². The number of carbonyl (C=O) groups excluding carboxylic acids is 1. The van der Waals surface area contributed by atoms with Gasteiger partial charge in [-0.25, -0.2) is 0 Å². The first-order chi connectivity index (χ1) is 8.45. The smallest absolute Gasteiger partial charge is 0.305 e. The van der Waals surface area contributed by atoms with Gasteiger partial charge < -0.3 is 15.0 Å². The number of aliphatic carboxylic acids is 1. The molecular weight excluding hydrogens is 236 g/mol. The third-order valence-corrected chi connectivity index (χ3v) is 2.55. The van der Waals surface area contributed by atoms with Gasteiger partial charge >= 0.3 is 5.97 Å². The highest BCUT2D eigenvalue weighted by molar-refractivity contribution is 5.94. The van der Waals surface area contributed by atoms with E-state index in [2.05, 4.69) is 4.98 Å². The Labute approximate surface area is 104 Å². The van der Waals surface area contributed by atoms with Crippen LogP contribution >= 0.6 is 0 Å². The predicted octanol–water partition coefficient (Wildman–Crippen LogP) is 0.620. The molecule has 18 heavy (non-hydrogen) atoms. The van der Waals surface area contributed by atoms with E-state index in [1.165, 1.54) is 11.0 Å². The highest BCUT2D eigenvalue weighted by atomic mass is 16.4. The topological polar surface area (TPSA) is 90.5 Å². The minimum absolute atomic E-state index is 0.0350. The molecule has 1 aromatic rings. The molecule has 1 aromatic heterocycles. The van der Waals surface area contributed by atoms with Crippen LogP contribution in [0.3, 0.4) is 0 Å². The number of hydrogen-bond donors (Lipinski definition) is 2. The van der Waals surface area contributed by atoms with Crippen LogP contribution in [0.25, 0.3) is 0 Å². The number of carbonyl (C=O) groups is 2. The molecular formula is C12H16N2O4. The number of H-pyrrole nitrogens is 1. The number of carboxylic acid groups (broad SMARTS) is 1. The fourth-order valence-electron chi connectivity index (χ4n) is 1.54. The summed E-state index contributed by atoms with van der Waals surface area (Å²) in [4.78, 5) is 38.0. The van der Waals surface area contributed by atoms with Crippen LogP contribution in [-0.2, 0) is 4.79 Å². The summed E-state index contributed by atoms with van der Waals surface area (Å²) in [6, 6.07) is 3.10. The quantitative estimate of drug-likeness (QED) is 0.803. The first-order valence-electron chi connectivity index (χ1n) is 5.66. The summed E-state index contributed by atoms with van der Waals surface area (Å²) in [5.74, 6) is -1.42. The van der Waals surface area contributed by atoms with Crippen molar-refractivity contribution < 1.29 is 14.7 Å². The van der Waals surface area contributed by atoms with Crippen molar-refractivity contribution in [2.24, 2.45) is 0 Å². The van der Waals surface area contributed by atoms with Crippen molar-refractivity contribution in [3.63, 3.8) is 0 Å². The molecule has 1 rings (SSSR count). The van der Waals surface area contributed by atoms with Crippen LogP contribution in [-0.4, -0.2) is 40.0 Å². The van der Waals surface area contributed by atoms with E-state index >= 15 is 0 Å². The molecule has 98 valence electrons. The number of pyridine rings is 1. The Kier molecular flexibility index (Phi) is 4.65. The predicted molar refractivity (Wildman–Crippen MR) is 65.6 cm³/mol. The Balaban J connectivity index is 2.89. The zero-order valence-corrected chi connectivity index (χ0v) is 10.4. The van der Waals surface area contributed by atoms with Crippen molar-refractivity contribution >= 4 is 11.9 Å². The summed E-state index contributed by atoms with van der Waals surface area (Å²) in [6.45, 7) is 3.91. The molecule has 0 aliphatic heterocycles. The van der Waals surface area contributed by atoms with Gasteiger partial charge in [-0.15, -0.1) is 0 Å². The lowest BCUT2D eigenvalue weighted by atomic mass is 10.2. The molecule has 0 unspecified atom stereocenters. The minimum Gasteiger partial charge on any atom is -0.481 e. The Morgan fingerprint density at radius 1 is 1.39 bits per heavy atom. The van der Waals surface area contributed by atoms with Crippen LogP contribution in [0.5, 0.6) is 0 Å². The van der Waals surface area contributed by atoms with Crippen LogP contribution in [0.2, 0.25) is 0 Å². The molecule has 1 heterocycles. The first-order valence-corrected chi connectivity index (χ1v) is 5.66. The highest BCUT2D eigenvalue weighted by Gasteiger charge is 2.17. The van der Waals surface area contributed by atoms with Crippen LogP contribution in [0.15, 0.2) is 16.9 Å². The van der Waals surface area contributed by atoms with Gasteiger partial charge in [0.1, 0.15) is 5.56 Å². The molecule has 1 amide bonds. The number of aromatic amines is 1. The van der Waals surface area contributed by atoms with Gasteiger partial charge in [-0.2, -0.15) is 0 Å². The van der Waals surface area contributed by atoms with Gasteiger partial charge in [0.2, 0.25) is 0 Å². The standard InChI is InChI=1S/C12H16N2O4/c1-3-14(7-6-10(15)16)12(18)9-5-4-8(2)13-11(9)17/h4-5H,3,6-7H2,1-2H3,(H,13,17)(H,15,16).